The van der Waals surface area contributed by atoms with Gasteiger partial charge in [-0.2, -0.15) is 0 Å². The van der Waals surface area contributed by atoms with Crippen LogP contribution in [0.15, 0.2) is 42.7 Å². The highest BCUT2D eigenvalue weighted by Gasteiger charge is 2.16. The molecule has 0 fully saturated rings. The monoisotopic (exact) mass is 423 g/mol. The minimum Gasteiger partial charge on any atom is -0.508 e. The number of carbonyl (C=O) groups is 1. The van der Waals surface area contributed by atoms with E-state index in [-0.39, 0.29) is 30.2 Å². The number of benzene rings is 1. The van der Waals surface area contributed by atoms with Gasteiger partial charge in [-0.1, -0.05) is 32.0 Å². The normalized spacial score (nSPS) is 12.0. The summed E-state index contributed by atoms with van der Waals surface area (Å²) in [5, 5.41) is 25.4. The van der Waals surface area contributed by atoms with E-state index in [2.05, 4.69) is 25.6 Å². The summed E-state index contributed by atoms with van der Waals surface area (Å²) in [6, 6.07) is 8.68. The van der Waals surface area contributed by atoms with Crippen LogP contribution in [-0.4, -0.2) is 50.3 Å². The van der Waals surface area contributed by atoms with E-state index in [0.29, 0.717) is 30.3 Å². The number of H-pyrrole nitrogens is 1. The van der Waals surface area contributed by atoms with Crippen LogP contribution in [-0.2, 0) is 6.42 Å². The Bertz CT molecular complexity index is 1030. The van der Waals surface area contributed by atoms with Gasteiger partial charge in [-0.05, 0) is 42.5 Å². The molecule has 2 aromatic heterocycles. The van der Waals surface area contributed by atoms with E-state index in [1.807, 2.05) is 32.9 Å². The van der Waals surface area contributed by atoms with Gasteiger partial charge in [0.2, 0.25) is 5.95 Å². The summed E-state index contributed by atoms with van der Waals surface area (Å²) >= 11 is 0. The van der Waals surface area contributed by atoms with Crippen LogP contribution in [0, 0.1) is 12.8 Å². The predicted octanol–water partition coefficient (Wildman–Crippen LogP) is 2.89. The van der Waals surface area contributed by atoms with Crippen molar-refractivity contribution in [2.45, 2.75) is 33.2 Å². The Morgan fingerprint density at radius 2 is 2.03 bits per heavy atom. The van der Waals surface area contributed by atoms with Crippen LogP contribution in [0.5, 0.6) is 5.75 Å². The van der Waals surface area contributed by atoms with Crippen LogP contribution in [0.2, 0.25) is 0 Å². The molecule has 3 rings (SSSR count). The quantitative estimate of drug-likeness (QED) is 0.361. The Morgan fingerprint density at radius 1 is 1.26 bits per heavy atom. The van der Waals surface area contributed by atoms with Crippen LogP contribution in [0.25, 0.3) is 11.3 Å². The number of aliphatic hydroxyl groups is 1. The van der Waals surface area contributed by atoms with E-state index in [0.717, 1.165) is 16.7 Å². The number of phenols is 1. The summed E-state index contributed by atoms with van der Waals surface area (Å²) in [5.41, 5.74) is 3.58. The number of phenolic OH excluding ortho intramolecular Hbond substituents is 1. The van der Waals surface area contributed by atoms with E-state index in [9.17, 15) is 15.0 Å². The van der Waals surface area contributed by atoms with Crippen LogP contribution in [0.3, 0.4) is 0 Å². The summed E-state index contributed by atoms with van der Waals surface area (Å²) in [6.07, 6.45) is 4.00. The Morgan fingerprint density at radius 3 is 2.74 bits per heavy atom. The van der Waals surface area contributed by atoms with E-state index in [4.69, 9.17) is 0 Å². The fourth-order valence-corrected chi connectivity index (χ4v) is 3.18. The molecule has 0 spiro atoms. The van der Waals surface area contributed by atoms with Gasteiger partial charge < -0.3 is 25.8 Å². The van der Waals surface area contributed by atoms with Crippen LogP contribution in [0.4, 0.5) is 5.95 Å². The minimum absolute atomic E-state index is 0.0144. The number of carbonyl (C=O) groups excluding carboxylic acids is 1. The fourth-order valence-electron chi connectivity index (χ4n) is 3.18. The van der Waals surface area contributed by atoms with Gasteiger partial charge in [0.15, 0.2) is 0 Å². The molecule has 8 heteroatoms. The van der Waals surface area contributed by atoms with Crippen molar-refractivity contribution >= 4 is 11.9 Å². The molecule has 0 radical (unpaired) electrons. The first-order valence-corrected chi connectivity index (χ1v) is 10.3. The van der Waals surface area contributed by atoms with E-state index in [1.54, 1.807) is 30.6 Å². The highest BCUT2D eigenvalue weighted by atomic mass is 16.3. The van der Waals surface area contributed by atoms with Crippen LogP contribution >= 0.6 is 0 Å². The molecule has 0 saturated heterocycles. The largest absolute Gasteiger partial charge is 0.508 e. The lowest BCUT2D eigenvalue weighted by atomic mass is 10.1. The lowest BCUT2D eigenvalue weighted by Crippen LogP contribution is -2.30. The molecule has 164 valence electrons. The van der Waals surface area contributed by atoms with Crippen molar-refractivity contribution in [2.24, 2.45) is 5.92 Å². The summed E-state index contributed by atoms with van der Waals surface area (Å²) in [4.78, 5) is 24.4. The first kappa shape index (κ1) is 22.3. The molecule has 0 bridgehead atoms. The van der Waals surface area contributed by atoms with Crippen molar-refractivity contribution in [3.63, 3.8) is 0 Å². The number of anilines is 1. The number of aliphatic hydroxyl groups excluding tert-OH is 1. The summed E-state index contributed by atoms with van der Waals surface area (Å²) in [6.45, 7) is 6.32. The molecule has 31 heavy (non-hydrogen) atoms. The average molecular weight is 424 g/mol. The molecule has 5 N–H and O–H groups in total. The van der Waals surface area contributed by atoms with Gasteiger partial charge in [-0.25, -0.2) is 9.97 Å². The first-order chi connectivity index (χ1) is 14.9. The topological polar surface area (TPSA) is 123 Å². The summed E-state index contributed by atoms with van der Waals surface area (Å²) < 4.78 is 0. The molecular weight excluding hydrogens is 394 g/mol. The van der Waals surface area contributed by atoms with Crippen molar-refractivity contribution in [2.75, 3.05) is 18.5 Å². The predicted molar refractivity (Wildman–Crippen MR) is 120 cm³/mol. The summed E-state index contributed by atoms with van der Waals surface area (Å²) in [7, 11) is 0. The molecule has 1 atom stereocenters. The molecule has 8 nitrogen and oxygen atoms in total. The first-order valence-electron chi connectivity index (χ1n) is 10.3. The maximum Gasteiger partial charge on any atom is 0.267 e. The number of hydrogen-bond acceptors (Lipinski definition) is 6. The van der Waals surface area contributed by atoms with Crippen molar-refractivity contribution in [1.29, 1.82) is 0 Å². The van der Waals surface area contributed by atoms with Gasteiger partial charge >= 0.3 is 0 Å². The van der Waals surface area contributed by atoms with E-state index in [1.165, 1.54) is 0 Å². The molecule has 3 aromatic rings. The third kappa shape index (κ3) is 5.61. The number of aryl methyl sites for hydroxylation is 1. The van der Waals surface area contributed by atoms with Gasteiger partial charge in [0.1, 0.15) is 11.4 Å². The maximum absolute atomic E-state index is 12.5. The fraction of sp³-hybridized carbons (Fsp3) is 0.348. The van der Waals surface area contributed by atoms with Gasteiger partial charge in [0.05, 0.1) is 18.3 Å². The minimum atomic E-state index is -0.230. The molecule has 0 aliphatic rings. The Balaban J connectivity index is 1.67. The highest BCUT2D eigenvalue weighted by molar-refractivity contribution is 5.93. The standard InChI is InChI=1S/C23H29N5O3/c1-14(2)19(13-29)27-23-26-11-15(3)21(28-23)17-10-18(25-12-17)22(31)24-9-8-16-6-4-5-7-20(16)30/h4-7,10-12,14,19,25,29-30H,8-9,13H2,1-3H3,(H,24,31)(H,26,27,28). The molecule has 1 amide bonds. The average Bonchev–Trinajstić information content (AvgIpc) is 3.24. The van der Waals surface area contributed by atoms with Crippen molar-refractivity contribution in [3.05, 3.63) is 59.5 Å². The number of amides is 1. The molecular formula is C23H29N5O3. The van der Waals surface area contributed by atoms with E-state index >= 15 is 0 Å². The number of rotatable bonds is 9. The van der Waals surface area contributed by atoms with Gasteiger partial charge in [0, 0.05) is 24.5 Å². The lowest BCUT2D eigenvalue weighted by molar-refractivity contribution is 0.0949. The third-order valence-electron chi connectivity index (χ3n) is 5.16. The number of aromatic nitrogens is 3. The zero-order valence-corrected chi connectivity index (χ0v) is 18.0. The number of nitrogens with one attached hydrogen (secondary N) is 3. The number of aromatic amines is 1. The SMILES string of the molecule is Cc1cnc(NC(CO)C(C)C)nc1-c1c[nH]c(C(=O)NCCc2ccccc2O)c1. The van der Waals surface area contributed by atoms with Crippen molar-refractivity contribution in [3.8, 4) is 17.0 Å². The second-order valence-corrected chi connectivity index (χ2v) is 7.84. The van der Waals surface area contributed by atoms with Crippen LogP contribution in [0.1, 0.15) is 35.5 Å². The van der Waals surface area contributed by atoms with Crippen molar-refractivity contribution < 1.29 is 15.0 Å². The molecule has 0 saturated carbocycles. The number of nitrogens with zero attached hydrogens (tertiary/aromatic N) is 2. The Labute approximate surface area is 181 Å². The zero-order chi connectivity index (χ0) is 22.4. The molecule has 0 aliphatic heterocycles. The Kier molecular flexibility index (Phi) is 7.25. The molecule has 1 aromatic carbocycles. The molecule has 0 aliphatic carbocycles. The second-order valence-electron chi connectivity index (χ2n) is 7.84. The smallest absolute Gasteiger partial charge is 0.267 e. The van der Waals surface area contributed by atoms with Crippen molar-refractivity contribution in [1.82, 2.24) is 20.3 Å². The zero-order valence-electron chi connectivity index (χ0n) is 18.0. The summed E-state index contributed by atoms with van der Waals surface area (Å²) in [5.74, 6) is 0.650. The molecule has 1 unspecified atom stereocenters. The number of hydrogen-bond donors (Lipinski definition) is 5. The van der Waals surface area contributed by atoms with Gasteiger partial charge in [-0.15, -0.1) is 0 Å². The number of aromatic hydroxyl groups is 1. The lowest BCUT2D eigenvalue weighted by Gasteiger charge is -2.20. The number of para-hydroxylation sites is 1. The Hall–Kier alpha value is -3.39. The van der Waals surface area contributed by atoms with Gasteiger partial charge in [0.25, 0.3) is 5.91 Å². The van der Waals surface area contributed by atoms with E-state index < -0.39 is 0 Å². The van der Waals surface area contributed by atoms with Crippen LogP contribution < -0.4 is 10.6 Å². The molecule has 2 heterocycles. The van der Waals surface area contributed by atoms with Gasteiger partial charge in [-0.3, -0.25) is 4.79 Å². The third-order valence-corrected chi connectivity index (χ3v) is 5.16. The second kappa shape index (κ2) is 10.1. The highest BCUT2D eigenvalue weighted by Crippen LogP contribution is 2.23. The maximum atomic E-state index is 12.5.